The molecule has 0 unspecified atom stereocenters. The van der Waals surface area contributed by atoms with Crippen molar-refractivity contribution in [2.45, 2.75) is 6.42 Å². The summed E-state index contributed by atoms with van der Waals surface area (Å²) in [5.41, 5.74) is 11.7. The summed E-state index contributed by atoms with van der Waals surface area (Å²) in [7, 11) is 2.82. The van der Waals surface area contributed by atoms with Gasteiger partial charge in [-0.15, -0.1) is 24.8 Å². The summed E-state index contributed by atoms with van der Waals surface area (Å²) in [5, 5.41) is 0. The van der Waals surface area contributed by atoms with Gasteiger partial charge in [-0.3, -0.25) is 19.2 Å². The average Bonchev–Trinajstić information content (AvgIpc) is 2.87. The number of ketones is 2. The molecule has 0 amide bonds. The molecule has 0 aliphatic heterocycles. The molecule has 4 N–H and O–H groups in total. The Morgan fingerprint density at radius 3 is 1.38 bits per heavy atom. The molecule has 0 aliphatic carbocycles. The lowest BCUT2D eigenvalue weighted by Crippen LogP contribution is -2.19. The normalized spacial score (nSPS) is 10.3. The van der Waals surface area contributed by atoms with Crippen LogP contribution in [0.15, 0.2) is 48.6 Å². The monoisotopic (exact) mass is 554 g/mol. The largest absolute Gasteiger partial charge is 0.493 e. The van der Waals surface area contributed by atoms with Gasteiger partial charge in [-0.05, 0) is 47.5 Å². The Morgan fingerprint density at radius 1 is 0.676 bits per heavy atom. The molecule has 2 rings (SSSR count). The predicted octanol–water partition coefficient (Wildman–Crippen LogP) is 2.53. The highest BCUT2D eigenvalue weighted by atomic mass is 35.5. The van der Waals surface area contributed by atoms with Crippen LogP contribution in [0.4, 0.5) is 0 Å². The molecule has 0 spiro atoms. The van der Waals surface area contributed by atoms with Gasteiger partial charge in [0.1, 0.15) is 0 Å². The van der Waals surface area contributed by atoms with E-state index in [1.807, 2.05) is 0 Å². The molecule has 0 heterocycles. The van der Waals surface area contributed by atoms with Crippen molar-refractivity contribution < 1.29 is 38.1 Å². The molecule has 10 nitrogen and oxygen atoms in total. The van der Waals surface area contributed by atoms with Crippen LogP contribution < -0.4 is 30.4 Å². The summed E-state index contributed by atoms with van der Waals surface area (Å²) in [6, 6.07) is 9.42. The molecule has 0 atom stereocenters. The van der Waals surface area contributed by atoms with Crippen molar-refractivity contribution >= 4 is 60.5 Å². The number of hydrogen-bond donors (Lipinski definition) is 2. The molecule has 0 aliphatic rings. The molecule has 37 heavy (non-hydrogen) atoms. The van der Waals surface area contributed by atoms with Crippen molar-refractivity contribution in [3.8, 4) is 23.0 Å². The zero-order valence-corrected chi connectivity index (χ0v) is 21.8. The van der Waals surface area contributed by atoms with Gasteiger partial charge in [-0.2, -0.15) is 0 Å². The number of allylic oxidation sites excluding steroid dienone is 2. The molecule has 0 radical (unpaired) electrons. The van der Waals surface area contributed by atoms with E-state index in [0.29, 0.717) is 22.6 Å². The number of esters is 2. The molecular formula is C25H28Cl2N2O8. The topological polar surface area (TPSA) is 157 Å². The Bertz CT molecular complexity index is 1080. The average molecular weight is 555 g/mol. The van der Waals surface area contributed by atoms with E-state index in [-0.39, 0.29) is 55.8 Å². The summed E-state index contributed by atoms with van der Waals surface area (Å²) < 4.78 is 20.5. The van der Waals surface area contributed by atoms with Crippen molar-refractivity contribution in [2.24, 2.45) is 11.5 Å². The van der Waals surface area contributed by atoms with Gasteiger partial charge in [0.2, 0.25) is 0 Å². The van der Waals surface area contributed by atoms with Crippen LogP contribution in [0.1, 0.15) is 17.5 Å². The Morgan fingerprint density at radius 2 is 1.05 bits per heavy atom. The molecule has 0 saturated carbocycles. The van der Waals surface area contributed by atoms with E-state index in [9.17, 15) is 19.2 Å². The second-order valence-corrected chi connectivity index (χ2v) is 6.95. The second-order valence-electron chi connectivity index (χ2n) is 6.95. The summed E-state index contributed by atoms with van der Waals surface area (Å²) in [4.78, 5) is 47.1. The second kappa shape index (κ2) is 16.9. The first-order chi connectivity index (χ1) is 16.8. The lowest BCUT2D eigenvalue weighted by molar-refractivity contribution is -0.133. The minimum atomic E-state index is -0.613. The van der Waals surface area contributed by atoms with Gasteiger partial charge in [0.25, 0.3) is 0 Å². The molecule has 12 heteroatoms. The SMILES string of the molecule is COc1cc(/C=C/C(=O)CC(=O)/C=C/c2ccc(OC(=O)CN)c(OC)c2)ccc1OC(=O)CN.Cl.Cl. The maximum absolute atomic E-state index is 12.2. The number of methoxy groups -OCH3 is 2. The maximum atomic E-state index is 12.2. The quantitative estimate of drug-likeness (QED) is 0.173. The van der Waals surface area contributed by atoms with Gasteiger partial charge in [-0.1, -0.05) is 24.3 Å². The molecule has 0 bridgehead atoms. The Hall–Kier alpha value is -3.70. The van der Waals surface area contributed by atoms with Crippen LogP contribution in [0.25, 0.3) is 12.2 Å². The van der Waals surface area contributed by atoms with Crippen LogP contribution in [-0.4, -0.2) is 50.8 Å². The maximum Gasteiger partial charge on any atom is 0.325 e. The number of ether oxygens (including phenoxy) is 4. The van der Waals surface area contributed by atoms with E-state index < -0.39 is 23.5 Å². The summed E-state index contributed by atoms with van der Waals surface area (Å²) in [6.45, 7) is -0.546. The summed E-state index contributed by atoms with van der Waals surface area (Å²) in [5.74, 6) is -1.05. The van der Waals surface area contributed by atoms with Gasteiger partial charge in [0.15, 0.2) is 34.6 Å². The first kappa shape index (κ1) is 33.3. The predicted molar refractivity (Wildman–Crippen MR) is 143 cm³/mol. The Kier molecular flexibility index (Phi) is 15.2. The minimum absolute atomic E-state index is 0. The van der Waals surface area contributed by atoms with Gasteiger partial charge < -0.3 is 30.4 Å². The van der Waals surface area contributed by atoms with Crippen molar-refractivity contribution in [3.63, 3.8) is 0 Å². The third kappa shape index (κ3) is 10.8. The number of rotatable bonds is 12. The fourth-order valence-electron chi connectivity index (χ4n) is 2.74. The van der Waals surface area contributed by atoms with Gasteiger partial charge in [0.05, 0.1) is 33.7 Å². The van der Waals surface area contributed by atoms with Crippen LogP contribution in [0.5, 0.6) is 23.0 Å². The van der Waals surface area contributed by atoms with E-state index in [0.717, 1.165) is 0 Å². The molecule has 2 aromatic rings. The molecule has 0 saturated heterocycles. The fourth-order valence-corrected chi connectivity index (χ4v) is 2.74. The van der Waals surface area contributed by atoms with E-state index in [1.54, 1.807) is 24.3 Å². The number of carbonyl (C=O) groups excluding carboxylic acids is 4. The number of carbonyl (C=O) groups is 4. The van der Waals surface area contributed by atoms with Gasteiger partial charge in [-0.25, -0.2) is 0 Å². The third-order valence-electron chi connectivity index (χ3n) is 4.43. The van der Waals surface area contributed by atoms with Gasteiger partial charge >= 0.3 is 11.9 Å². The fraction of sp³-hybridized carbons (Fsp3) is 0.200. The van der Waals surface area contributed by atoms with Crippen LogP contribution >= 0.6 is 24.8 Å². The highest BCUT2D eigenvalue weighted by molar-refractivity contribution is 6.10. The minimum Gasteiger partial charge on any atom is -0.493 e. The summed E-state index contributed by atoms with van der Waals surface area (Å²) in [6.07, 6.45) is 5.25. The highest BCUT2D eigenvalue weighted by Crippen LogP contribution is 2.29. The van der Waals surface area contributed by atoms with Crippen LogP contribution in [0, 0.1) is 0 Å². The van der Waals surface area contributed by atoms with Crippen LogP contribution in [0.2, 0.25) is 0 Å². The highest BCUT2D eigenvalue weighted by Gasteiger charge is 2.11. The van der Waals surface area contributed by atoms with Crippen molar-refractivity contribution in [3.05, 3.63) is 59.7 Å². The molecule has 2 aromatic carbocycles. The third-order valence-corrected chi connectivity index (χ3v) is 4.43. The molecular weight excluding hydrogens is 527 g/mol. The van der Waals surface area contributed by atoms with E-state index in [4.69, 9.17) is 30.4 Å². The summed E-state index contributed by atoms with van der Waals surface area (Å²) >= 11 is 0. The lowest BCUT2D eigenvalue weighted by Gasteiger charge is -2.09. The van der Waals surface area contributed by atoms with E-state index in [2.05, 4.69) is 0 Å². The number of nitrogens with two attached hydrogens (primary N) is 2. The van der Waals surface area contributed by atoms with Crippen molar-refractivity contribution in [1.82, 2.24) is 0 Å². The smallest absolute Gasteiger partial charge is 0.325 e. The lowest BCUT2D eigenvalue weighted by atomic mass is 10.1. The number of halogens is 2. The van der Waals surface area contributed by atoms with Crippen molar-refractivity contribution in [1.29, 1.82) is 0 Å². The standard InChI is InChI=1S/C25H26N2O8.2ClH/c1-32-22-11-16(5-9-20(22)34-24(30)14-26)3-7-18(28)13-19(29)8-4-17-6-10-21(23(12-17)33-2)35-25(31)15-27;;/h3-12H,13-15,26-27H2,1-2H3;2*1H/b7-3+,8-4+;;. The zero-order chi connectivity index (χ0) is 25.8. The van der Waals surface area contributed by atoms with E-state index in [1.165, 1.54) is 50.7 Å². The number of benzene rings is 2. The Balaban J connectivity index is 0.00000648. The Labute approximate surface area is 226 Å². The van der Waals surface area contributed by atoms with Crippen LogP contribution in [0.3, 0.4) is 0 Å². The van der Waals surface area contributed by atoms with Gasteiger partial charge in [0, 0.05) is 0 Å². The first-order valence-corrected chi connectivity index (χ1v) is 10.4. The zero-order valence-electron chi connectivity index (χ0n) is 20.1. The van der Waals surface area contributed by atoms with E-state index >= 15 is 0 Å². The first-order valence-electron chi connectivity index (χ1n) is 10.4. The van der Waals surface area contributed by atoms with Crippen LogP contribution in [-0.2, 0) is 19.2 Å². The molecule has 0 fully saturated rings. The number of hydrogen-bond acceptors (Lipinski definition) is 10. The molecule has 200 valence electrons. The van der Waals surface area contributed by atoms with Crippen molar-refractivity contribution in [2.75, 3.05) is 27.3 Å². The molecule has 0 aromatic heterocycles.